The van der Waals surface area contributed by atoms with Gasteiger partial charge < -0.3 is 15.5 Å². The molecule has 0 spiro atoms. The molecule has 0 aromatic heterocycles. The van der Waals surface area contributed by atoms with Crippen molar-refractivity contribution >= 4 is 39.2 Å². The molecule has 2 aromatic rings. The van der Waals surface area contributed by atoms with Gasteiger partial charge in [0.05, 0.1) is 22.8 Å². The average Bonchev–Trinajstić information content (AvgIpc) is 2.80. The molecule has 0 radical (unpaired) electrons. The Balaban J connectivity index is 1.38. The SMILES string of the molecule is CC1CCC(NC(=O)NS(=O)(=O)c2cccc(CCN3CNC(=O)c4cc(Cl)ccc43)c2)CC1. The van der Waals surface area contributed by atoms with E-state index in [9.17, 15) is 18.0 Å². The summed E-state index contributed by atoms with van der Waals surface area (Å²) in [6.45, 7) is 3.10. The van der Waals surface area contributed by atoms with E-state index in [1.54, 1.807) is 24.3 Å². The lowest BCUT2D eigenvalue weighted by atomic mass is 9.87. The van der Waals surface area contributed by atoms with Crippen LogP contribution in [0.2, 0.25) is 5.02 Å². The first kappa shape index (κ1) is 24.3. The highest BCUT2D eigenvalue weighted by Crippen LogP contribution is 2.27. The standard InChI is InChI=1S/C24H29ClN4O4S/c1-16-5-8-19(9-6-16)27-24(31)28-34(32,33)20-4-2-3-17(13-20)11-12-29-15-26-23(30)21-14-18(25)7-10-22(21)29/h2-4,7,10,13-14,16,19H,5-6,8-9,11-12,15H2,1H3,(H,26,30)(H2,27,28,31). The third-order valence-corrected chi connectivity index (χ3v) is 8.00. The van der Waals surface area contributed by atoms with Crippen molar-refractivity contribution in [3.05, 3.63) is 58.6 Å². The fourth-order valence-corrected chi connectivity index (χ4v) is 5.60. The molecule has 1 heterocycles. The van der Waals surface area contributed by atoms with E-state index in [0.717, 1.165) is 36.9 Å². The van der Waals surface area contributed by atoms with Crippen LogP contribution in [-0.2, 0) is 16.4 Å². The number of sulfonamides is 1. The Labute approximate surface area is 205 Å². The molecule has 10 heteroatoms. The summed E-state index contributed by atoms with van der Waals surface area (Å²) in [5.41, 5.74) is 2.10. The highest BCUT2D eigenvalue weighted by Gasteiger charge is 2.24. The maximum atomic E-state index is 12.8. The van der Waals surface area contributed by atoms with Crippen molar-refractivity contribution in [1.29, 1.82) is 0 Å². The molecule has 8 nitrogen and oxygen atoms in total. The second-order valence-corrected chi connectivity index (χ2v) is 11.1. The van der Waals surface area contributed by atoms with Gasteiger partial charge in [-0.05, 0) is 73.9 Å². The van der Waals surface area contributed by atoms with Gasteiger partial charge in [0.1, 0.15) is 0 Å². The maximum absolute atomic E-state index is 12.8. The van der Waals surface area contributed by atoms with Crippen molar-refractivity contribution in [3.63, 3.8) is 0 Å². The van der Waals surface area contributed by atoms with Crippen LogP contribution >= 0.6 is 11.6 Å². The van der Waals surface area contributed by atoms with Crippen molar-refractivity contribution in [3.8, 4) is 0 Å². The van der Waals surface area contributed by atoms with Crippen LogP contribution in [0.4, 0.5) is 10.5 Å². The highest BCUT2D eigenvalue weighted by molar-refractivity contribution is 7.90. The molecule has 4 rings (SSSR count). The number of rotatable bonds is 6. The molecule has 3 N–H and O–H groups in total. The highest BCUT2D eigenvalue weighted by atomic mass is 35.5. The van der Waals surface area contributed by atoms with Crippen LogP contribution in [0.5, 0.6) is 0 Å². The summed E-state index contributed by atoms with van der Waals surface area (Å²) >= 11 is 6.03. The van der Waals surface area contributed by atoms with Gasteiger partial charge in [-0.1, -0.05) is 30.7 Å². The fourth-order valence-electron chi connectivity index (χ4n) is 4.45. The molecule has 0 bridgehead atoms. The Kier molecular flexibility index (Phi) is 7.33. The zero-order valence-electron chi connectivity index (χ0n) is 19.0. The molecule has 1 fully saturated rings. The molecule has 2 aromatic carbocycles. The smallest absolute Gasteiger partial charge is 0.328 e. The zero-order chi connectivity index (χ0) is 24.3. The van der Waals surface area contributed by atoms with E-state index < -0.39 is 16.1 Å². The van der Waals surface area contributed by atoms with Gasteiger partial charge in [0.25, 0.3) is 15.9 Å². The molecular weight excluding hydrogens is 476 g/mol. The normalized spacial score (nSPS) is 20.3. The summed E-state index contributed by atoms with van der Waals surface area (Å²) in [4.78, 5) is 26.5. The summed E-state index contributed by atoms with van der Waals surface area (Å²) < 4.78 is 27.7. The van der Waals surface area contributed by atoms with E-state index in [0.29, 0.717) is 36.1 Å². The van der Waals surface area contributed by atoms with E-state index in [1.807, 2.05) is 17.0 Å². The van der Waals surface area contributed by atoms with Gasteiger partial charge >= 0.3 is 6.03 Å². The largest absolute Gasteiger partial charge is 0.353 e. The number of hydrogen-bond acceptors (Lipinski definition) is 5. The molecular formula is C24H29ClN4O4S. The van der Waals surface area contributed by atoms with Gasteiger partial charge in [0.2, 0.25) is 0 Å². The molecule has 2 aliphatic rings. The molecule has 0 unspecified atom stereocenters. The predicted octanol–water partition coefficient (Wildman–Crippen LogP) is 3.66. The topological polar surface area (TPSA) is 108 Å². The van der Waals surface area contributed by atoms with Crippen LogP contribution in [0, 0.1) is 5.92 Å². The first-order valence-corrected chi connectivity index (χ1v) is 13.3. The lowest BCUT2D eigenvalue weighted by Crippen LogP contribution is -2.45. The lowest BCUT2D eigenvalue weighted by Gasteiger charge is -2.31. The van der Waals surface area contributed by atoms with Gasteiger partial charge in [0.15, 0.2) is 0 Å². The number of amides is 3. The summed E-state index contributed by atoms with van der Waals surface area (Å²) in [5.74, 6) is 0.467. The summed E-state index contributed by atoms with van der Waals surface area (Å²) in [5, 5.41) is 6.10. The zero-order valence-corrected chi connectivity index (χ0v) is 20.6. The number of benzene rings is 2. The maximum Gasteiger partial charge on any atom is 0.328 e. The van der Waals surface area contributed by atoms with Crippen molar-refractivity contribution in [1.82, 2.24) is 15.4 Å². The van der Waals surface area contributed by atoms with Crippen LogP contribution < -0.4 is 20.3 Å². The number of urea groups is 1. The number of carbonyl (C=O) groups is 2. The first-order valence-electron chi connectivity index (χ1n) is 11.5. The lowest BCUT2D eigenvalue weighted by molar-refractivity contribution is 0.0947. The Morgan fingerprint density at radius 3 is 2.68 bits per heavy atom. The van der Waals surface area contributed by atoms with E-state index >= 15 is 0 Å². The predicted molar refractivity (Wildman–Crippen MR) is 132 cm³/mol. The minimum atomic E-state index is -3.99. The van der Waals surface area contributed by atoms with E-state index in [4.69, 9.17) is 11.6 Å². The van der Waals surface area contributed by atoms with Crippen molar-refractivity contribution in [2.75, 3.05) is 18.1 Å². The quantitative estimate of drug-likeness (QED) is 0.556. The number of carbonyl (C=O) groups excluding carboxylic acids is 2. The second kappa shape index (κ2) is 10.2. The Hall–Kier alpha value is -2.78. The van der Waals surface area contributed by atoms with Crippen LogP contribution in [-0.4, -0.2) is 39.6 Å². The third kappa shape index (κ3) is 5.82. The third-order valence-electron chi connectivity index (χ3n) is 6.43. The van der Waals surface area contributed by atoms with Crippen LogP contribution in [0.25, 0.3) is 0 Å². The van der Waals surface area contributed by atoms with Crippen molar-refractivity contribution < 1.29 is 18.0 Å². The second-order valence-electron chi connectivity index (χ2n) is 9.02. The monoisotopic (exact) mass is 504 g/mol. The van der Waals surface area contributed by atoms with E-state index in [-0.39, 0.29) is 16.8 Å². The van der Waals surface area contributed by atoms with Gasteiger partial charge in [0, 0.05) is 17.6 Å². The molecule has 182 valence electrons. The molecule has 34 heavy (non-hydrogen) atoms. The minimum absolute atomic E-state index is 0.000488. The fraction of sp³-hybridized carbons (Fsp3) is 0.417. The Morgan fingerprint density at radius 2 is 1.91 bits per heavy atom. The Bertz CT molecular complexity index is 1180. The van der Waals surface area contributed by atoms with Crippen molar-refractivity contribution in [2.45, 2.75) is 50.0 Å². The minimum Gasteiger partial charge on any atom is -0.353 e. The molecule has 1 saturated carbocycles. The van der Waals surface area contributed by atoms with E-state index in [2.05, 4.69) is 22.3 Å². The Morgan fingerprint density at radius 1 is 1.15 bits per heavy atom. The number of fused-ring (bicyclic) bond motifs is 1. The molecule has 3 amide bonds. The van der Waals surface area contributed by atoms with Gasteiger partial charge in [-0.15, -0.1) is 0 Å². The first-order chi connectivity index (χ1) is 16.2. The summed E-state index contributed by atoms with van der Waals surface area (Å²) in [7, 11) is -3.99. The number of nitrogens with one attached hydrogen (secondary N) is 3. The summed E-state index contributed by atoms with van der Waals surface area (Å²) in [6.07, 6.45) is 4.32. The van der Waals surface area contributed by atoms with Gasteiger partial charge in [-0.3, -0.25) is 4.79 Å². The van der Waals surface area contributed by atoms with Crippen molar-refractivity contribution in [2.24, 2.45) is 5.92 Å². The molecule has 1 aliphatic carbocycles. The van der Waals surface area contributed by atoms with Crippen LogP contribution in [0.15, 0.2) is 47.4 Å². The summed E-state index contributed by atoms with van der Waals surface area (Å²) in [6, 6.07) is 11.0. The van der Waals surface area contributed by atoms with E-state index in [1.165, 1.54) is 6.07 Å². The molecule has 1 aliphatic heterocycles. The average molecular weight is 505 g/mol. The molecule has 0 saturated heterocycles. The van der Waals surface area contributed by atoms with Gasteiger partial charge in [-0.25, -0.2) is 17.9 Å². The van der Waals surface area contributed by atoms with Crippen LogP contribution in [0.3, 0.4) is 0 Å². The molecule has 0 atom stereocenters. The number of halogens is 1. The number of nitrogens with zero attached hydrogens (tertiary/aromatic N) is 1. The number of anilines is 1. The number of hydrogen-bond donors (Lipinski definition) is 3. The van der Waals surface area contributed by atoms with Gasteiger partial charge in [-0.2, -0.15) is 0 Å². The van der Waals surface area contributed by atoms with Crippen LogP contribution in [0.1, 0.15) is 48.5 Å².